The summed E-state index contributed by atoms with van der Waals surface area (Å²) < 4.78 is 10.6. The monoisotopic (exact) mass is 342 g/mol. The number of ether oxygens (including phenoxy) is 1. The van der Waals surface area contributed by atoms with E-state index in [0.717, 1.165) is 39.0 Å². The summed E-state index contributed by atoms with van der Waals surface area (Å²) in [7, 11) is 1.66. The number of hydrogen-bond donors (Lipinski definition) is 1. The molecule has 6 nitrogen and oxygen atoms in total. The fraction of sp³-hybridized carbons (Fsp3) is 0.235. The highest BCUT2D eigenvalue weighted by Crippen LogP contribution is 2.32. The number of hydrogen-bond acceptors (Lipinski definition) is 7. The lowest BCUT2D eigenvalue weighted by Crippen LogP contribution is -1.99. The smallest absolute Gasteiger partial charge is 0.227 e. The van der Waals surface area contributed by atoms with Crippen molar-refractivity contribution < 1.29 is 9.26 Å². The first kappa shape index (κ1) is 16.3. The van der Waals surface area contributed by atoms with E-state index in [9.17, 15) is 0 Å². The second-order valence-electron chi connectivity index (χ2n) is 5.20. The van der Waals surface area contributed by atoms with E-state index in [2.05, 4.69) is 20.4 Å². The van der Waals surface area contributed by atoms with Crippen molar-refractivity contribution in [1.82, 2.24) is 15.1 Å². The minimum absolute atomic E-state index is 0.518. The number of nitrogens with zero attached hydrogens (tertiary/aromatic N) is 3. The predicted molar refractivity (Wildman–Crippen MR) is 95.1 cm³/mol. The van der Waals surface area contributed by atoms with Crippen LogP contribution < -0.4 is 10.1 Å². The molecule has 0 spiro atoms. The van der Waals surface area contributed by atoms with Gasteiger partial charge in [-0.1, -0.05) is 5.16 Å². The number of methoxy groups -OCH3 is 1. The van der Waals surface area contributed by atoms with Gasteiger partial charge in [0.1, 0.15) is 16.5 Å². The average molecular weight is 342 g/mol. The molecule has 0 amide bonds. The van der Waals surface area contributed by atoms with Crippen LogP contribution in [0, 0.1) is 13.8 Å². The molecule has 2 heterocycles. The maximum absolute atomic E-state index is 5.28. The molecule has 0 saturated carbocycles. The van der Waals surface area contributed by atoms with Gasteiger partial charge in [-0.25, -0.2) is 9.97 Å². The van der Waals surface area contributed by atoms with Crippen LogP contribution >= 0.6 is 11.8 Å². The number of nitrogens with one attached hydrogen (secondary N) is 1. The third kappa shape index (κ3) is 3.21. The van der Waals surface area contributed by atoms with E-state index in [1.807, 2.05) is 44.4 Å². The van der Waals surface area contributed by atoms with Gasteiger partial charge >= 0.3 is 0 Å². The number of rotatable bonds is 5. The van der Waals surface area contributed by atoms with Gasteiger partial charge in [0.05, 0.1) is 18.4 Å². The summed E-state index contributed by atoms with van der Waals surface area (Å²) in [6.45, 7) is 3.87. The highest BCUT2D eigenvalue weighted by molar-refractivity contribution is 7.98. The van der Waals surface area contributed by atoms with E-state index >= 15 is 0 Å². The second-order valence-corrected chi connectivity index (χ2v) is 5.99. The highest BCUT2D eigenvalue weighted by Gasteiger charge is 2.16. The number of benzene rings is 1. The SMILES string of the molecule is COc1ccc(Nc2nccc(-c3c(SC)noc3C)n2)cc1C. The van der Waals surface area contributed by atoms with Crippen LogP contribution in [-0.4, -0.2) is 28.5 Å². The zero-order valence-electron chi connectivity index (χ0n) is 14.0. The fourth-order valence-corrected chi connectivity index (χ4v) is 2.99. The van der Waals surface area contributed by atoms with Crippen LogP contribution in [0.15, 0.2) is 40.0 Å². The molecule has 0 aliphatic rings. The summed E-state index contributed by atoms with van der Waals surface area (Å²) in [5, 5.41) is 8.09. The lowest BCUT2D eigenvalue weighted by Gasteiger charge is -2.09. The van der Waals surface area contributed by atoms with Crippen molar-refractivity contribution in [2.24, 2.45) is 0 Å². The third-order valence-electron chi connectivity index (χ3n) is 3.59. The molecule has 0 aliphatic carbocycles. The van der Waals surface area contributed by atoms with Crippen molar-refractivity contribution in [3.8, 4) is 17.0 Å². The molecule has 1 N–H and O–H groups in total. The lowest BCUT2D eigenvalue weighted by atomic mass is 10.2. The highest BCUT2D eigenvalue weighted by atomic mass is 32.2. The van der Waals surface area contributed by atoms with Crippen molar-refractivity contribution in [3.05, 3.63) is 41.8 Å². The van der Waals surface area contributed by atoms with Crippen LogP contribution in [-0.2, 0) is 0 Å². The molecule has 0 aliphatic heterocycles. The molecule has 3 aromatic rings. The molecule has 24 heavy (non-hydrogen) atoms. The molecule has 2 aromatic heterocycles. The zero-order chi connectivity index (χ0) is 17.1. The quantitative estimate of drug-likeness (QED) is 0.696. The van der Waals surface area contributed by atoms with Gasteiger partial charge in [0, 0.05) is 11.9 Å². The molecule has 7 heteroatoms. The summed E-state index contributed by atoms with van der Waals surface area (Å²) >= 11 is 1.53. The Morgan fingerprint density at radius 2 is 2.04 bits per heavy atom. The molecule has 0 unspecified atom stereocenters. The number of thioether (sulfide) groups is 1. The van der Waals surface area contributed by atoms with Crippen LogP contribution in [0.3, 0.4) is 0 Å². The Hall–Kier alpha value is -2.54. The van der Waals surface area contributed by atoms with Crippen LogP contribution in [0.1, 0.15) is 11.3 Å². The maximum Gasteiger partial charge on any atom is 0.227 e. The standard InChI is InChI=1S/C17H18N4O2S/c1-10-9-12(5-6-14(10)22-3)19-17-18-8-7-13(20-17)15-11(2)23-21-16(15)24-4/h5-9H,1-4H3,(H,18,19,20). The minimum atomic E-state index is 0.518. The van der Waals surface area contributed by atoms with Gasteiger partial charge in [-0.15, -0.1) is 11.8 Å². The van der Waals surface area contributed by atoms with E-state index in [4.69, 9.17) is 9.26 Å². The molecule has 124 valence electrons. The van der Waals surface area contributed by atoms with Crippen molar-refractivity contribution in [2.75, 3.05) is 18.7 Å². The van der Waals surface area contributed by atoms with E-state index in [1.54, 1.807) is 13.3 Å². The van der Waals surface area contributed by atoms with Crippen LogP contribution in [0.5, 0.6) is 5.75 Å². The summed E-state index contributed by atoms with van der Waals surface area (Å²) in [4.78, 5) is 8.88. The normalized spacial score (nSPS) is 10.7. The number of anilines is 2. The summed E-state index contributed by atoms with van der Waals surface area (Å²) in [5.74, 6) is 2.11. The second kappa shape index (κ2) is 6.92. The Morgan fingerprint density at radius 3 is 2.75 bits per heavy atom. The van der Waals surface area contributed by atoms with Crippen molar-refractivity contribution in [1.29, 1.82) is 0 Å². The van der Waals surface area contributed by atoms with Crippen molar-refractivity contribution >= 4 is 23.4 Å². The Morgan fingerprint density at radius 1 is 1.21 bits per heavy atom. The zero-order valence-corrected chi connectivity index (χ0v) is 14.8. The molecule has 1 aromatic carbocycles. The average Bonchev–Trinajstić information content (AvgIpc) is 2.96. The first-order chi connectivity index (χ1) is 11.6. The van der Waals surface area contributed by atoms with Crippen LogP contribution in [0.2, 0.25) is 0 Å². The van der Waals surface area contributed by atoms with Gasteiger partial charge in [0.25, 0.3) is 0 Å². The van der Waals surface area contributed by atoms with Gasteiger partial charge < -0.3 is 14.6 Å². The molecule has 0 fully saturated rings. The van der Waals surface area contributed by atoms with Gasteiger partial charge in [-0.3, -0.25) is 0 Å². The van der Waals surface area contributed by atoms with E-state index in [-0.39, 0.29) is 0 Å². The van der Waals surface area contributed by atoms with E-state index in [0.29, 0.717) is 5.95 Å². The van der Waals surface area contributed by atoms with Crippen LogP contribution in [0.4, 0.5) is 11.6 Å². The summed E-state index contributed by atoms with van der Waals surface area (Å²) in [6, 6.07) is 7.69. The minimum Gasteiger partial charge on any atom is -0.496 e. The summed E-state index contributed by atoms with van der Waals surface area (Å²) in [5.41, 5.74) is 3.62. The Labute approximate surface area is 144 Å². The Kier molecular flexibility index (Phi) is 4.71. The predicted octanol–water partition coefficient (Wildman–Crippen LogP) is 4.22. The van der Waals surface area contributed by atoms with Gasteiger partial charge in [-0.2, -0.15) is 0 Å². The van der Waals surface area contributed by atoms with Crippen molar-refractivity contribution in [2.45, 2.75) is 18.9 Å². The third-order valence-corrected chi connectivity index (χ3v) is 4.25. The largest absolute Gasteiger partial charge is 0.496 e. The Balaban J connectivity index is 1.91. The fourth-order valence-electron chi connectivity index (χ4n) is 2.42. The first-order valence-electron chi connectivity index (χ1n) is 7.37. The molecule has 0 bridgehead atoms. The Bertz CT molecular complexity index is 864. The van der Waals surface area contributed by atoms with Gasteiger partial charge in [-0.05, 0) is 49.9 Å². The van der Waals surface area contributed by atoms with Gasteiger partial charge in [0.15, 0.2) is 0 Å². The first-order valence-corrected chi connectivity index (χ1v) is 8.60. The van der Waals surface area contributed by atoms with E-state index in [1.165, 1.54) is 11.8 Å². The van der Waals surface area contributed by atoms with Crippen LogP contribution in [0.25, 0.3) is 11.3 Å². The topological polar surface area (TPSA) is 73.1 Å². The molecule has 0 radical (unpaired) electrons. The van der Waals surface area contributed by atoms with Crippen molar-refractivity contribution in [3.63, 3.8) is 0 Å². The number of aryl methyl sites for hydroxylation is 2. The molecule has 0 atom stereocenters. The molecule has 3 rings (SSSR count). The maximum atomic E-state index is 5.28. The number of aromatic nitrogens is 3. The lowest BCUT2D eigenvalue weighted by molar-refractivity contribution is 0.384. The van der Waals surface area contributed by atoms with E-state index < -0.39 is 0 Å². The molecular weight excluding hydrogens is 324 g/mol. The molecule has 0 saturated heterocycles. The van der Waals surface area contributed by atoms with Gasteiger partial charge in [0.2, 0.25) is 5.95 Å². The summed E-state index contributed by atoms with van der Waals surface area (Å²) in [6.07, 6.45) is 3.68. The molecular formula is C17H18N4O2S.